The summed E-state index contributed by atoms with van der Waals surface area (Å²) in [4.78, 5) is 51.8. The number of anilines is 3. The summed E-state index contributed by atoms with van der Waals surface area (Å²) in [6, 6.07) is 28.7. The van der Waals surface area contributed by atoms with Gasteiger partial charge in [-0.05, 0) is 97.8 Å². The molecule has 17 heteroatoms. The van der Waals surface area contributed by atoms with Crippen molar-refractivity contribution >= 4 is 40.9 Å². The number of carbonyl (C=O) groups excluding carboxylic acids is 3. The average molecular weight is 788 g/mol. The van der Waals surface area contributed by atoms with Crippen molar-refractivity contribution in [3.63, 3.8) is 0 Å². The van der Waals surface area contributed by atoms with Crippen LogP contribution in [-0.4, -0.2) is 77.2 Å². The molecule has 1 aliphatic rings. The Hall–Kier alpha value is -7.37. The largest absolute Gasteiger partial charge is 0.497 e. The summed E-state index contributed by atoms with van der Waals surface area (Å²) in [6.07, 6.45) is 1.75. The molecule has 2 aromatic heterocycles. The number of rotatable bonds is 14. The van der Waals surface area contributed by atoms with Gasteiger partial charge in [0.05, 0.1) is 31.3 Å². The monoisotopic (exact) mass is 787 g/mol. The summed E-state index contributed by atoms with van der Waals surface area (Å²) in [5.41, 5.74) is 19.2. The van der Waals surface area contributed by atoms with Gasteiger partial charge in [0.2, 0.25) is 0 Å². The number of ether oxygens (including phenoxy) is 2. The standard InChI is InChI=1S/C21H23N5O3.C20H19N5O4/c1-25(16-5-3-15(22)4-6-16)12-11-19-20(13-23-28)24-26(21(19)14-27)17-7-9-18(29-2)10-8-17;1-29-15-8-6-14(7-9-15)25-18-16(17(22-25)19(21)26)10-11-24(20(18)27)13-4-2-12(23-28)3-5-13/h3-10,14H,11-13,22H2,1-2H3;2-9,23,28H,10-11H2,1H3,(H2,21,26)/p+1. The minimum absolute atomic E-state index is 0.0923. The zero-order valence-corrected chi connectivity index (χ0v) is 32.1. The third-order valence-electron chi connectivity index (χ3n) is 9.70. The number of carbonyl (C=O) groups is 3. The number of fused-ring (bicyclic) bond motifs is 1. The number of primary amides is 1. The molecule has 0 bridgehead atoms. The number of quaternary nitrogens is 1. The van der Waals surface area contributed by atoms with E-state index in [-0.39, 0.29) is 18.1 Å². The van der Waals surface area contributed by atoms with E-state index in [9.17, 15) is 19.3 Å². The van der Waals surface area contributed by atoms with Crippen molar-refractivity contribution in [2.75, 3.05) is 49.9 Å². The predicted octanol–water partition coefficient (Wildman–Crippen LogP) is 3.99. The molecule has 2 amide bonds. The Morgan fingerprint density at radius 3 is 2.02 bits per heavy atom. The van der Waals surface area contributed by atoms with Gasteiger partial charge in [0.25, 0.3) is 11.8 Å². The highest BCUT2D eigenvalue weighted by atomic mass is 16.5. The maximum atomic E-state index is 13.4. The zero-order valence-electron chi connectivity index (χ0n) is 32.1. The second-order valence-corrected chi connectivity index (χ2v) is 13.2. The number of hydrogen-bond donors (Lipinski definition) is 4. The summed E-state index contributed by atoms with van der Waals surface area (Å²) in [5.74, 6) is 0.424. The van der Waals surface area contributed by atoms with Crippen LogP contribution in [0.25, 0.3) is 11.4 Å². The summed E-state index contributed by atoms with van der Waals surface area (Å²) in [5, 5.41) is 20.9. The average Bonchev–Trinajstić information content (AvgIpc) is 3.83. The van der Waals surface area contributed by atoms with E-state index in [0.29, 0.717) is 88.5 Å². The molecule has 0 saturated carbocycles. The quantitative estimate of drug-likeness (QED) is 0.0534. The van der Waals surface area contributed by atoms with Crippen LogP contribution in [0.5, 0.6) is 11.5 Å². The lowest BCUT2D eigenvalue weighted by Gasteiger charge is -2.27. The van der Waals surface area contributed by atoms with E-state index < -0.39 is 5.91 Å². The summed E-state index contributed by atoms with van der Waals surface area (Å²) in [7, 11) is 5.11. The Balaban J connectivity index is 0.000000196. The van der Waals surface area contributed by atoms with Gasteiger partial charge in [-0.3, -0.25) is 14.4 Å². The van der Waals surface area contributed by atoms with E-state index in [0.717, 1.165) is 23.0 Å². The topological polar surface area (TPSA) is 230 Å². The fraction of sp³-hybridized carbons (Fsp3) is 0.195. The van der Waals surface area contributed by atoms with Gasteiger partial charge in [-0.2, -0.15) is 20.6 Å². The highest BCUT2D eigenvalue weighted by molar-refractivity contribution is 6.09. The van der Waals surface area contributed by atoms with E-state index >= 15 is 0 Å². The third kappa shape index (κ3) is 8.54. The molecule has 3 heterocycles. The Bertz CT molecular complexity index is 2390. The minimum atomic E-state index is -0.669. The van der Waals surface area contributed by atoms with E-state index in [4.69, 9.17) is 26.1 Å². The number of methoxy groups -OCH3 is 2. The first-order valence-electron chi connectivity index (χ1n) is 18.1. The van der Waals surface area contributed by atoms with E-state index in [1.165, 1.54) is 4.68 Å². The normalized spacial score (nSPS) is 11.9. The van der Waals surface area contributed by atoms with Crippen LogP contribution in [0.1, 0.15) is 48.3 Å². The Kier molecular flexibility index (Phi) is 12.5. The van der Waals surface area contributed by atoms with Crippen LogP contribution in [0.15, 0.2) is 102 Å². The highest BCUT2D eigenvalue weighted by Crippen LogP contribution is 2.30. The molecular weight excluding hydrogens is 745 g/mol. The maximum absolute atomic E-state index is 13.4. The molecule has 17 nitrogen and oxygen atoms in total. The van der Waals surface area contributed by atoms with Gasteiger partial charge in [0, 0.05) is 60.5 Å². The number of nitrogens with two attached hydrogens (primary N) is 3. The summed E-state index contributed by atoms with van der Waals surface area (Å²) in [6.45, 7) is 0.929. The molecule has 7 rings (SSSR count). The molecule has 0 spiro atoms. The Labute approximate surface area is 333 Å². The lowest BCUT2D eigenvalue weighted by Crippen LogP contribution is -2.73. The number of nitrogen functional groups attached to an aromatic ring is 1. The number of nitroso groups, excluding NO2 is 1. The highest BCUT2D eigenvalue weighted by Gasteiger charge is 2.34. The molecule has 6 aromatic rings. The predicted molar refractivity (Wildman–Crippen MR) is 217 cm³/mol. The molecule has 7 N–H and O–H groups in total. The van der Waals surface area contributed by atoms with Gasteiger partial charge in [-0.25, -0.2) is 14.6 Å². The number of hydrogen-bond acceptors (Lipinski definition) is 12. The van der Waals surface area contributed by atoms with Crippen LogP contribution in [-0.2, 0) is 19.4 Å². The van der Waals surface area contributed by atoms with Gasteiger partial charge in [0.15, 0.2) is 17.7 Å². The first kappa shape index (κ1) is 40.3. The van der Waals surface area contributed by atoms with Crippen LogP contribution in [0.2, 0.25) is 0 Å². The van der Waals surface area contributed by atoms with E-state index in [2.05, 4.69) is 20.3 Å². The van der Waals surface area contributed by atoms with Crippen molar-refractivity contribution in [3.05, 3.63) is 136 Å². The third-order valence-corrected chi connectivity index (χ3v) is 9.70. The maximum Gasteiger partial charge on any atom is 0.277 e. The van der Waals surface area contributed by atoms with Crippen LogP contribution < -0.4 is 36.2 Å². The number of benzene rings is 4. The second-order valence-electron chi connectivity index (χ2n) is 13.2. The fourth-order valence-corrected chi connectivity index (χ4v) is 6.60. The molecular formula is C41H43N10O7+. The molecule has 0 aliphatic carbocycles. The molecule has 0 atom stereocenters. The summed E-state index contributed by atoms with van der Waals surface area (Å²) >= 11 is 0. The smallest absolute Gasteiger partial charge is 0.277 e. The number of likely N-dealkylation sites (N-methyl/N-ethyl adjacent to an activating group) is 1. The molecule has 4 aromatic carbocycles. The first-order chi connectivity index (χ1) is 28.1. The molecule has 58 heavy (non-hydrogen) atoms. The van der Waals surface area contributed by atoms with Crippen molar-refractivity contribution in [1.29, 1.82) is 0 Å². The first-order valence-corrected chi connectivity index (χ1v) is 18.1. The van der Waals surface area contributed by atoms with Gasteiger partial charge < -0.3 is 30.7 Å². The molecule has 0 saturated heterocycles. The molecule has 1 aliphatic heterocycles. The minimum Gasteiger partial charge on any atom is -0.497 e. The molecule has 0 unspecified atom stereocenters. The van der Waals surface area contributed by atoms with Crippen molar-refractivity contribution in [3.8, 4) is 22.9 Å². The zero-order chi connectivity index (χ0) is 41.3. The Morgan fingerprint density at radius 1 is 0.897 bits per heavy atom. The fourth-order valence-electron chi connectivity index (χ4n) is 6.60. The van der Waals surface area contributed by atoms with Gasteiger partial charge in [-0.1, -0.05) is 5.18 Å². The van der Waals surface area contributed by atoms with Crippen LogP contribution in [0, 0.1) is 4.91 Å². The molecule has 298 valence electrons. The summed E-state index contributed by atoms with van der Waals surface area (Å²) < 4.78 is 13.4. The van der Waals surface area contributed by atoms with Gasteiger partial charge in [-0.15, -0.1) is 0 Å². The van der Waals surface area contributed by atoms with E-state index in [1.54, 1.807) is 96.6 Å². The molecule has 0 radical (unpaired) electrons. The van der Waals surface area contributed by atoms with Crippen molar-refractivity contribution in [2.45, 2.75) is 19.4 Å². The van der Waals surface area contributed by atoms with Gasteiger partial charge >= 0.3 is 0 Å². The number of nitrogens with zero attached hydrogens (tertiary/aromatic N) is 7. The van der Waals surface area contributed by atoms with Crippen molar-refractivity contribution < 1.29 is 34.5 Å². The van der Waals surface area contributed by atoms with Gasteiger partial charge in [0.1, 0.15) is 29.4 Å². The van der Waals surface area contributed by atoms with Crippen molar-refractivity contribution in [2.24, 2.45) is 10.9 Å². The number of aldehydes is 1. The van der Waals surface area contributed by atoms with Crippen LogP contribution in [0.4, 0.5) is 22.7 Å². The van der Waals surface area contributed by atoms with Crippen LogP contribution in [0.3, 0.4) is 0 Å². The second kappa shape index (κ2) is 18.1. The van der Waals surface area contributed by atoms with Crippen molar-refractivity contribution in [1.82, 2.24) is 19.6 Å². The number of aromatic nitrogens is 4. The van der Waals surface area contributed by atoms with Crippen LogP contribution >= 0.6 is 0 Å². The lowest BCUT2D eigenvalue weighted by atomic mass is 10.0. The number of amides is 2. The van der Waals surface area contributed by atoms with E-state index in [1.807, 2.05) is 31.3 Å². The lowest BCUT2D eigenvalue weighted by molar-refractivity contribution is -0.825. The Morgan fingerprint density at radius 2 is 1.48 bits per heavy atom. The molecule has 0 fully saturated rings. The SMILES string of the molecule is COc1ccc(-n2nc(C(N)=O)c3c2C(=O)N(c2ccc([NH2+]O)cc2)CC3)cc1.COc1ccc(-n2nc(CN=O)c(CCN(C)c3ccc(N)cc3)c2C=O)cc1.